The van der Waals surface area contributed by atoms with Gasteiger partial charge in [-0.3, -0.25) is 0 Å². The van der Waals surface area contributed by atoms with Gasteiger partial charge in [0, 0.05) is 14.1 Å². The molecule has 2 radical (unpaired) electrons. The molecular weight excluding hydrogens is 269 g/mol. The Bertz CT molecular complexity index is 614. The van der Waals surface area contributed by atoms with Gasteiger partial charge in [0.05, 0.1) is 0 Å². The van der Waals surface area contributed by atoms with Crippen molar-refractivity contribution in [1.29, 1.82) is 0 Å². The van der Waals surface area contributed by atoms with Crippen molar-refractivity contribution >= 4 is 13.4 Å². The number of allylic oxidation sites excluding steroid dienone is 2. The van der Waals surface area contributed by atoms with Gasteiger partial charge in [0.2, 0.25) is 0 Å². The van der Waals surface area contributed by atoms with Crippen molar-refractivity contribution in [2.75, 3.05) is 14.1 Å². The lowest BCUT2D eigenvalue weighted by molar-refractivity contribution is 0.283. The van der Waals surface area contributed by atoms with E-state index < -0.39 is 0 Å². The van der Waals surface area contributed by atoms with Gasteiger partial charge in [0.25, 0.3) is 0 Å². The van der Waals surface area contributed by atoms with Crippen LogP contribution in [0, 0.1) is 0 Å². The van der Waals surface area contributed by atoms with Gasteiger partial charge in [0.1, 0.15) is 13.6 Å². The summed E-state index contributed by atoms with van der Waals surface area (Å²) in [6.07, 6.45) is 2.89. The van der Waals surface area contributed by atoms with Gasteiger partial charge < -0.3 is 9.64 Å². The van der Waals surface area contributed by atoms with Gasteiger partial charge in [-0.1, -0.05) is 26.3 Å². The average Bonchev–Trinajstić information content (AvgIpc) is 2.46. The minimum atomic E-state index is 0.428. The molecule has 22 heavy (non-hydrogen) atoms. The Morgan fingerprint density at radius 3 is 2.55 bits per heavy atom. The van der Waals surface area contributed by atoms with Crippen LogP contribution in [0.3, 0.4) is 0 Å². The van der Waals surface area contributed by atoms with Crippen molar-refractivity contribution in [2.45, 2.75) is 46.0 Å². The lowest BCUT2D eigenvalue weighted by Gasteiger charge is -2.27. The molecule has 0 aromatic heterocycles. The second-order valence-electron chi connectivity index (χ2n) is 6.45. The van der Waals surface area contributed by atoms with E-state index in [1.54, 1.807) is 0 Å². The fourth-order valence-corrected chi connectivity index (χ4v) is 2.99. The van der Waals surface area contributed by atoms with Crippen LogP contribution in [0.4, 0.5) is 0 Å². The second kappa shape index (κ2) is 6.64. The molecule has 0 N–H and O–H groups in total. The molecule has 1 aromatic rings. The highest BCUT2D eigenvalue weighted by Gasteiger charge is 2.21. The van der Waals surface area contributed by atoms with E-state index in [0.717, 1.165) is 30.5 Å². The van der Waals surface area contributed by atoms with Crippen LogP contribution in [0.25, 0.3) is 5.57 Å². The van der Waals surface area contributed by atoms with Crippen LogP contribution >= 0.6 is 0 Å². The molecule has 2 rings (SSSR count). The molecule has 0 saturated carbocycles. The van der Waals surface area contributed by atoms with Crippen molar-refractivity contribution in [1.82, 2.24) is 4.90 Å². The number of aryl methyl sites for hydroxylation is 1. The Hall–Kier alpha value is -1.64. The first kappa shape index (κ1) is 16.7. The van der Waals surface area contributed by atoms with E-state index in [9.17, 15) is 0 Å². The molecule has 3 heteroatoms. The third kappa shape index (κ3) is 3.24. The Morgan fingerprint density at radius 2 is 2.00 bits per heavy atom. The van der Waals surface area contributed by atoms with E-state index >= 15 is 0 Å². The van der Waals surface area contributed by atoms with Crippen LogP contribution in [0.5, 0.6) is 5.75 Å². The first-order valence-electron chi connectivity index (χ1n) is 8.03. The summed E-state index contributed by atoms with van der Waals surface area (Å²) in [5, 5.41) is 0. The third-order valence-electron chi connectivity index (χ3n) is 4.29. The maximum atomic E-state index is 6.26. The molecule has 1 aromatic carbocycles. The molecule has 0 fully saturated rings. The third-order valence-corrected chi connectivity index (χ3v) is 4.29. The van der Waals surface area contributed by atoms with Gasteiger partial charge in [-0.15, -0.1) is 5.47 Å². The summed E-state index contributed by atoms with van der Waals surface area (Å²) in [4.78, 5) is 1.88. The highest BCUT2D eigenvalue weighted by molar-refractivity contribution is 6.25. The maximum Gasteiger partial charge on any atom is 0.188 e. The fraction of sp³-hybridized carbons (Fsp3) is 0.474. The topological polar surface area (TPSA) is 12.5 Å². The van der Waals surface area contributed by atoms with Crippen LogP contribution in [0.15, 0.2) is 30.1 Å². The summed E-state index contributed by atoms with van der Waals surface area (Å²) in [5.41, 5.74) is 6.37. The highest BCUT2D eigenvalue weighted by Crippen LogP contribution is 2.40. The van der Waals surface area contributed by atoms with Crippen molar-refractivity contribution < 1.29 is 4.74 Å². The lowest BCUT2D eigenvalue weighted by Crippen LogP contribution is -2.16. The Balaban J connectivity index is 2.53. The summed E-state index contributed by atoms with van der Waals surface area (Å²) in [7, 11) is 10.1. The summed E-state index contributed by atoms with van der Waals surface area (Å²) < 4.78 is 5.91. The van der Waals surface area contributed by atoms with E-state index in [-0.39, 0.29) is 0 Å². The molecule has 0 atom stereocenters. The molecule has 2 nitrogen and oxygen atoms in total. The molecule has 1 aliphatic rings. The fourth-order valence-electron chi connectivity index (χ4n) is 2.99. The summed E-state index contributed by atoms with van der Waals surface area (Å²) in [6, 6.07) is 4.30. The van der Waals surface area contributed by atoms with Crippen LogP contribution in [0.1, 0.15) is 56.2 Å². The minimum Gasteiger partial charge on any atom is -0.442 e. The molecule has 0 aliphatic heterocycles. The van der Waals surface area contributed by atoms with E-state index in [1.165, 1.54) is 22.3 Å². The molecule has 116 valence electrons. The lowest BCUT2D eigenvalue weighted by atomic mass is 9.73. The number of hydrogen-bond acceptors (Lipinski definition) is 2. The summed E-state index contributed by atoms with van der Waals surface area (Å²) in [5.74, 6) is 1.95. The first-order valence-corrected chi connectivity index (χ1v) is 8.03. The Kier molecular flexibility index (Phi) is 5.05. The number of fused-ring (bicyclic) bond motifs is 1. The standard InChI is InChI=1S/C19H26BNO/c1-7-16-18(20)9-8-14-10-15(22-13(4)21(5)6)11-17(12(2)3)19(14)16/h10-12H,4,7-9H2,1-3,5-6H3. The van der Waals surface area contributed by atoms with Crippen molar-refractivity contribution in [3.63, 3.8) is 0 Å². The number of ether oxygens (including phenoxy) is 1. The molecule has 0 heterocycles. The predicted octanol–water partition coefficient (Wildman–Crippen LogP) is 4.46. The molecule has 0 saturated heterocycles. The van der Waals surface area contributed by atoms with Gasteiger partial charge in [-0.2, -0.15) is 0 Å². The average molecular weight is 295 g/mol. The molecule has 0 bridgehead atoms. The van der Waals surface area contributed by atoms with Crippen LogP contribution in [0.2, 0.25) is 0 Å². The molecule has 0 unspecified atom stereocenters. The van der Waals surface area contributed by atoms with Gasteiger partial charge >= 0.3 is 0 Å². The summed E-state index contributed by atoms with van der Waals surface area (Å²) in [6.45, 7) is 10.6. The van der Waals surface area contributed by atoms with Gasteiger partial charge in [-0.05, 0) is 60.6 Å². The summed E-state index contributed by atoms with van der Waals surface area (Å²) >= 11 is 0. The normalized spacial score (nSPS) is 14.1. The monoisotopic (exact) mass is 295 g/mol. The van der Waals surface area contributed by atoms with Gasteiger partial charge in [0.15, 0.2) is 5.88 Å². The van der Waals surface area contributed by atoms with Crippen LogP contribution < -0.4 is 4.74 Å². The Labute approximate surface area is 136 Å². The number of nitrogens with zero attached hydrogens (tertiary/aromatic N) is 1. The number of benzene rings is 1. The predicted molar refractivity (Wildman–Crippen MR) is 95.3 cm³/mol. The zero-order valence-corrected chi connectivity index (χ0v) is 14.5. The number of hydrogen-bond donors (Lipinski definition) is 0. The van der Waals surface area contributed by atoms with E-state index in [0.29, 0.717) is 11.8 Å². The number of rotatable bonds is 5. The zero-order valence-electron chi connectivity index (χ0n) is 14.5. The van der Waals surface area contributed by atoms with Gasteiger partial charge in [-0.25, -0.2) is 0 Å². The highest BCUT2D eigenvalue weighted by atomic mass is 16.5. The van der Waals surface area contributed by atoms with Crippen molar-refractivity contribution in [2.24, 2.45) is 0 Å². The quantitative estimate of drug-likeness (QED) is 0.587. The maximum absolute atomic E-state index is 6.26. The van der Waals surface area contributed by atoms with Crippen molar-refractivity contribution in [3.05, 3.63) is 46.8 Å². The van der Waals surface area contributed by atoms with E-state index in [1.807, 2.05) is 19.0 Å². The molecule has 0 spiro atoms. The smallest absolute Gasteiger partial charge is 0.188 e. The molecule has 1 aliphatic carbocycles. The largest absolute Gasteiger partial charge is 0.442 e. The minimum absolute atomic E-state index is 0.428. The SMILES string of the molecule is [B]C1=C(CC)c2c(cc(OC(=C)N(C)C)cc2C(C)C)CC1. The van der Waals surface area contributed by atoms with Crippen LogP contribution in [-0.2, 0) is 6.42 Å². The first-order chi connectivity index (χ1) is 10.3. The zero-order chi connectivity index (χ0) is 16.4. The second-order valence-corrected chi connectivity index (χ2v) is 6.45. The van der Waals surface area contributed by atoms with Crippen molar-refractivity contribution in [3.8, 4) is 5.75 Å². The van der Waals surface area contributed by atoms with E-state index in [4.69, 9.17) is 12.6 Å². The molecular formula is C19H26BNO. The van der Waals surface area contributed by atoms with E-state index in [2.05, 4.69) is 39.5 Å². The Morgan fingerprint density at radius 1 is 1.32 bits per heavy atom. The molecule has 0 amide bonds. The van der Waals surface area contributed by atoms with Crippen LogP contribution in [-0.4, -0.2) is 26.8 Å².